The van der Waals surface area contributed by atoms with Gasteiger partial charge in [-0.3, -0.25) is 4.79 Å². The average Bonchev–Trinajstić information content (AvgIpc) is 2.89. The number of aromatic nitrogens is 2. The van der Waals surface area contributed by atoms with E-state index in [1.165, 1.54) is 11.3 Å². The summed E-state index contributed by atoms with van der Waals surface area (Å²) in [4.78, 5) is 12.0. The fraction of sp³-hybridized carbons (Fsp3) is 0.308. The van der Waals surface area contributed by atoms with Crippen LogP contribution in [0.4, 0.5) is 10.8 Å². The van der Waals surface area contributed by atoms with Crippen molar-refractivity contribution in [2.45, 2.75) is 13.5 Å². The summed E-state index contributed by atoms with van der Waals surface area (Å²) >= 11 is 1.23. The zero-order valence-electron chi connectivity index (χ0n) is 11.3. The van der Waals surface area contributed by atoms with E-state index in [0.29, 0.717) is 22.4 Å². The second-order valence-electron chi connectivity index (χ2n) is 4.03. The van der Waals surface area contributed by atoms with E-state index in [-0.39, 0.29) is 5.91 Å². The van der Waals surface area contributed by atoms with Gasteiger partial charge in [0.05, 0.1) is 6.61 Å². The molecule has 0 saturated carbocycles. The van der Waals surface area contributed by atoms with Crippen LogP contribution in [0.3, 0.4) is 0 Å². The minimum Gasteiger partial charge on any atom is -0.380 e. The van der Waals surface area contributed by atoms with Gasteiger partial charge in [0.15, 0.2) is 0 Å². The lowest BCUT2D eigenvalue weighted by Crippen LogP contribution is -2.11. The van der Waals surface area contributed by atoms with Gasteiger partial charge in [-0.2, -0.15) is 0 Å². The van der Waals surface area contributed by atoms with Crippen LogP contribution in [0.5, 0.6) is 0 Å². The number of hydrogen-bond donors (Lipinski definition) is 2. The SMILES string of the molecule is CCNc1nnc(C(=O)Nc2cccc(COC)c2)s1. The Morgan fingerprint density at radius 2 is 2.25 bits per heavy atom. The number of nitrogens with one attached hydrogen (secondary N) is 2. The second-order valence-corrected chi connectivity index (χ2v) is 5.01. The minimum atomic E-state index is -0.263. The first-order chi connectivity index (χ1) is 9.72. The van der Waals surface area contributed by atoms with Gasteiger partial charge in [-0.15, -0.1) is 10.2 Å². The van der Waals surface area contributed by atoms with Crippen molar-refractivity contribution >= 4 is 28.1 Å². The molecule has 106 valence electrons. The highest BCUT2D eigenvalue weighted by Gasteiger charge is 2.12. The largest absolute Gasteiger partial charge is 0.380 e. The molecule has 2 rings (SSSR count). The van der Waals surface area contributed by atoms with Crippen molar-refractivity contribution in [3.63, 3.8) is 0 Å². The maximum Gasteiger partial charge on any atom is 0.286 e. The van der Waals surface area contributed by atoms with Crippen LogP contribution in [0.25, 0.3) is 0 Å². The summed E-state index contributed by atoms with van der Waals surface area (Å²) in [6.45, 7) is 3.21. The smallest absolute Gasteiger partial charge is 0.286 e. The van der Waals surface area contributed by atoms with E-state index >= 15 is 0 Å². The summed E-state index contributed by atoms with van der Waals surface area (Å²) < 4.78 is 5.06. The third-order valence-corrected chi connectivity index (χ3v) is 3.32. The molecule has 2 aromatic rings. The van der Waals surface area contributed by atoms with Crippen molar-refractivity contribution in [3.8, 4) is 0 Å². The molecule has 1 amide bonds. The van der Waals surface area contributed by atoms with E-state index in [1.54, 1.807) is 7.11 Å². The first-order valence-corrected chi connectivity index (χ1v) is 7.01. The standard InChI is InChI=1S/C13H16N4O2S/c1-3-14-13-17-16-12(20-13)11(18)15-10-6-4-5-9(7-10)8-19-2/h4-7H,3,8H2,1-2H3,(H,14,17)(H,15,18). The molecule has 2 N–H and O–H groups in total. The molecule has 1 heterocycles. The number of nitrogens with zero attached hydrogens (tertiary/aromatic N) is 2. The quantitative estimate of drug-likeness (QED) is 0.855. The first-order valence-electron chi connectivity index (χ1n) is 6.19. The maximum atomic E-state index is 12.0. The number of hydrogen-bond acceptors (Lipinski definition) is 6. The Kier molecular flexibility index (Phi) is 5.03. The van der Waals surface area contributed by atoms with Gasteiger partial charge in [0.2, 0.25) is 10.1 Å². The molecule has 7 heteroatoms. The summed E-state index contributed by atoms with van der Waals surface area (Å²) in [5.41, 5.74) is 1.71. The predicted molar refractivity (Wildman–Crippen MR) is 79.2 cm³/mol. The fourth-order valence-electron chi connectivity index (χ4n) is 1.63. The molecule has 6 nitrogen and oxygen atoms in total. The molecule has 0 spiro atoms. The van der Waals surface area contributed by atoms with Gasteiger partial charge in [0.1, 0.15) is 0 Å². The summed E-state index contributed by atoms with van der Waals surface area (Å²) in [5, 5.41) is 14.5. The van der Waals surface area contributed by atoms with E-state index in [4.69, 9.17) is 4.74 Å². The monoisotopic (exact) mass is 292 g/mol. The van der Waals surface area contributed by atoms with Gasteiger partial charge < -0.3 is 15.4 Å². The lowest BCUT2D eigenvalue weighted by atomic mass is 10.2. The van der Waals surface area contributed by atoms with Crippen LogP contribution in [0, 0.1) is 0 Å². The summed E-state index contributed by atoms with van der Waals surface area (Å²) in [7, 11) is 1.63. The van der Waals surface area contributed by atoms with Gasteiger partial charge in [-0.05, 0) is 24.6 Å². The van der Waals surface area contributed by atoms with E-state index < -0.39 is 0 Å². The lowest BCUT2D eigenvalue weighted by molar-refractivity contribution is 0.102. The Bertz CT molecular complexity index is 585. The number of carbonyl (C=O) groups is 1. The van der Waals surface area contributed by atoms with Crippen molar-refractivity contribution in [3.05, 3.63) is 34.8 Å². The highest BCUT2D eigenvalue weighted by molar-refractivity contribution is 7.17. The molecule has 1 aromatic carbocycles. The molecule has 0 aliphatic rings. The van der Waals surface area contributed by atoms with Crippen LogP contribution in [0.15, 0.2) is 24.3 Å². The minimum absolute atomic E-state index is 0.263. The summed E-state index contributed by atoms with van der Waals surface area (Å²) in [6, 6.07) is 7.50. The predicted octanol–water partition coefficient (Wildman–Crippen LogP) is 2.37. The van der Waals surface area contributed by atoms with E-state index in [9.17, 15) is 4.79 Å². The Morgan fingerprint density at radius 3 is 3.00 bits per heavy atom. The van der Waals surface area contributed by atoms with Crippen LogP contribution in [-0.2, 0) is 11.3 Å². The van der Waals surface area contributed by atoms with Crippen molar-refractivity contribution < 1.29 is 9.53 Å². The third kappa shape index (κ3) is 3.75. The zero-order chi connectivity index (χ0) is 14.4. The normalized spacial score (nSPS) is 10.3. The number of methoxy groups -OCH3 is 1. The first kappa shape index (κ1) is 14.4. The molecular formula is C13H16N4O2S. The number of ether oxygens (including phenoxy) is 1. The van der Waals surface area contributed by atoms with Gasteiger partial charge >= 0.3 is 0 Å². The number of amides is 1. The fourth-order valence-corrected chi connectivity index (χ4v) is 2.33. The molecule has 0 bridgehead atoms. The van der Waals surface area contributed by atoms with E-state index in [0.717, 1.165) is 12.1 Å². The van der Waals surface area contributed by atoms with Crippen LogP contribution >= 0.6 is 11.3 Å². The van der Waals surface area contributed by atoms with E-state index in [1.807, 2.05) is 31.2 Å². The number of rotatable bonds is 6. The molecule has 0 unspecified atom stereocenters. The van der Waals surface area contributed by atoms with Crippen molar-refractivity contribution in [1.29, 1.82) is 0 Å². The Morgan fingerprint density at radius 1 is 1.40 bits per heavy atom. The molecule has 0 saturated heterocycles. The number of anilines is 2. The van der Waals surface area contributed by atoms with Crippen LogP contribution in [0.2, 0.25) is 0 Å². The maximum absolute atomic E-state index is 12.0. The molecule has 0 aliphatic heterocycles. The summed E-state index contributed by atoms with van der Waals surface area (Å²) in [5.74, 6) is -0.263. The highest BCUT2D eigenvalue weighted by atomic mass is 32.1. The molecule has 0 atom stereocenters. The van der Waals surface area contributed by atoms with Crippen molar-refractivity contribution in [2.75, 3.05) is 24.3 Å². The number of carbonyl (C=O) groups excluding carboxylic acids is 1. The van der Waals surface area contributed by atoms with Gasteiger partial charge in [0, 0.05) is 19.3 Å². The van der Waals surface area contributed by atoms with Crippen molar-refractivity contribution in [1.82, 2.24) is 10.2 Å². The summed E-state index contributed by atoms with van der Waals surface area (Å²) in [6.07, 6.45) is 0. The Hall–Kier alpha value is -1.99. The molecule has 0 fully saturated rings. The zero-order valence-corrected chi connectivity index (χ0v) is 12.2. The Balaban J connectivity index is 2.04. The van der Waals surface area contributed by atoms with Crippen LogP contribution in [-0.4, -0.2) is 29.8 Å². The highest BCUT2D eigenvalue weighted by Crippen LogP contribution is 2.17. The number of benzene rings is 1. The van der Waals surface area contributed by atoms with Crippen molar-refractivity contribution in [2.24, 2.45) is 0 Å². The topological polar surface area (TPSA) is 76.1 Å². The van der Waals surface area contributed by atoms with Crippen LogP contribution < -0.4 is 10.6 Å². The van der Waals surface area contributed by atoms with Gasteiger partial charge in [-0.25, -0.2) is 0 Å². The molecular weight excluding hydrogens is 276 g/mol. The molecule has 0 aliphatic carbocycles. The van der Waals surface area contributed by atoms with Gasteiger partial charge in [-0.1, -0.05) is 23.5 Å². The molecule has 1 aromatic heterocycles. The Labute approximate surface area is 121 Å². The second kappa shape index (κ2) is 6.97. The average molecular weight is 292 g/mol. The molecule has 0 radical (unpaired) electrons. The van der Waals surface area contributed by atoms with E-state index in [2.05, 4.69) is 20.8 Å². The molecule has 20 heavy (non-hydrogen) atoms. The lowest BCUT2D eigenvalue weighted by Gasteiger charge is -2.05. The third-order valence-electron chi connectivity index (χ3n) is 2.44. The van der Waals surface area contributed by atoms with Gasteiger partial charge in [0.25, 0.3) is 5.91 Å². The van der Waals surface area contributed by atoms with Crippen LogP contribution in [0.1, 0.15) is 22.3 Å².